The smallest absolute Gasteiger partial charge is 0.387 e. The number of rotatable bonds is 12. The zero-order valence-corrected chi connectivity index (χ0v) is 21.8. The van der Waals surface area contributed by atoms with E-state index < -0.39 is 36.2 Å². The molecular formula is C30H28F4N2O4. The van der Waals surface area contributed by atoms with Crippen molar-refractivity contribution < 1.29 is 36.5 Å². The summed E-state index contributed by atoms with van der Waals surface area (Å²) in [6.45, 7) is -2.53. The van der Waals surface area contributed by atoms with Crippen molar-refractivity contribution in [1.82, 2.24) is 4.98 Å². The summed E-state index contributed by atoms with van der Waals surface area (Å²) in [5, 5.41) is 11.5. The van der Waals surface area contributed by atoms with Gasteiger partial charge in [-0.05, 0) is 54.7 Å². The molecule has 10 heteroatoms. The molecule has 1 unspecified atom stereocenters. The molecule has 40 heavy (non-hydrogen) atoms. The Balaban J connectivity index is 1.63. The molecule has 0 aliphatic rings. The summed E-state index contributed by atoms with van der Waals surface area (Å²) >= 11 is 0. The molecule has 0 fully saturated rings. The molecule has 0 spiro atoms. The van der Waals surface area contributed by atoms with E-state index in [0.717, 1.165) is 11.1 Å². The minimum atomic E-state index is -3.24. The van der Waals surface area contributed by atoms with Crippen molar-refractivity contribution in [3.8, 4) is 17.4 Å². The molecule has 0 radical (unpaired) electrons. The number of pyridine rings is 2. The normalized spacial score (nSPS) is 12.4. The Morgan fingerprint density at radius 2 is 1.45 bits per heavy atom. The van der Waals surface area contributed by atoms with Gasteiger partial charge in [0.05, 0.1) is 0 Å². The Morgan fingerprint density at radius 1 is 0.800 bits per heavy atom. The van der Waals surface area contributed by atoms with Crippen LogP contribution in [0.25, 0.3) is 0 Å². The van der Waals surface area contributed by atoms with Gasteiger partial charge in [0, 0.05) is 36.7 Å². The van der Waals surface area contributed by atoms with Crippen LogP contribution >= 0.6 is 0 Å². The molecule has 0 saturated carbocycles. The number of hydrogen-bond donors (Lipinski definition) is 0. The van der Waals surface area contributed by atoms with Crippen LogP contribution < -0.4 is 18.9 Å². The highest BCUT2D eigenvalue weighted by Gasteiger charge is 2.24. The SMILES string of the molecule is CC(C)(Cc1ccccc1)Oc1ccc(C(Cc2cc[n+]([O-])cc2)c2ccc(OC(F)F)c(OC(F)F)c2)cn1. The van der Waals surface area contributed by atoms with Crippen LogP contribution in [0.2, 0.25) is 0 Å². The van der Waals surface area contributed by atoms with Gasteiger partial charge in [0.15, 0.2) is 23.9 Å². The molecule has 4 rings (SSSR count). The Kier molecular flexibility index (Phi) is 9.08. The van der Waals surface area contributed by atoms with Crippen LogP contribution in [-0.2, 0) is 12.8 Å². The average Bonchev–Trinajstić information content (AvgIpc) is 2.89. The second-order valence-corrected chi connectivity index (χ2v) is 9.74. The molecule has 1 atom stereocenters. The van der Waals surface area contributed by atoms with Gasteiger partial charge in [-0.15, -0.1) is 0 Å². The first-order chi connectivity index (χ1) is 19.1. The average molecular weight is 557 g/mol. The van der Waals surface area contributed by atoms with Crippen LogP contribution in [-0.4, -0.2) is 23.8 Å². The fraction of sp³-hybridized carbons (Fsp3) is 0.267. The molecule has 0 bridgehead atoms. The monoisotopic (exact) mass is 556 g/mol. The highest BCUT2D eigenvalue weighted by Crippen LogP contribution is 2.37. The lowest BCUT2D eigenvalue weighted by Gasteiger charge is -2.26. The maximum absolute atomic E-state index is 13.1. The van der Waals surface area contributed by atoms with E-state index in [1.54, 1.807) is 30.5 Å². The molecule has 210 valence electrons. The Labute approximate surface area is 229 Å². The van der Waals surface area contributed by atoms with Gasteiger partial charge in [-0.1, -0.05) is 42.5 Å². The number of ether oxygens (including phenoxy) is 3. The van der Waals surface area contributed by atoms with Gasteiger partial charge in [-0.3, -0.25) is 0 Å². The summed E-state index contributed by atoms with van der Waals surface area (Å²) in [5.41, 5.74) is 2.56. The lowest BCUT2D eigenvalue weighted by atomic mass is 9.87. The molecule has 0 aliphatic heterocycles. The van der Waals surface area contributed by atoms with Gasteiger partial charge in [0.1, 0.15) is 5.60 Å². The quantitative estimate of drug-likeness (QED) is 0.110. The van der Waals surface area contributed by atoms with E-state index in [2.05, 4.69) is 14.5 Å². The fourth-order valence-electron chi connectivity index (χ4n) is 4.43. The highest BCUT2D eigenvalue weighted by molar-refractivity contribution is 5.47. The molecule has 0 N–H and O–H groups in total. The first-order valence-corrected chi connectivity index (χ1v) is 12.5. The van der Waals surface area contributed by atoms with Gasteiger partial charge in [-0.25, -0.2) is 4.98 Å². The third-order valence-electron chi connectivity index (χ3n) is 6.13. The first kappa shape index (κ1) is 28.7. The van der Waals surface area contributed by atoms with Crippen LogP contribution in [0.1, 0.15) is 42.0 Å². The minimum absolute atomic E-state index is 0.353. The molecule has 4 aromatic rings. The molecule has 2 aromatic carbocycles. The number of hydrogen-bond acceptors (Lipinski definition) is 5. The third-order valence-corrected chi connectivity index (χ3v) is 6.13. The number of nitrogens with zero attached hydrogens (tertiary/aromatic N) is 2. The van der Waals surface area contributed by atoms with Crippen LogP contribution in [0.15, 0.2) is 91.4 Å². The maximum atomic E-state index is 13.1. The summed E-state index contributed by atoms with van der Waals surface area (Å²) in [4.78, 5) is 4.48. The first-order valence-electron chi connectivity index (χ1n) is 12.5. The van der Waals surface area contributed by atoms with Crippen molar-refractivity contribution in [1.29, 1.82) is 0 Å². The van der Waals surface area contributed by atoms with Crippen LogP contribution in [0, 0.1) is 5.21 Å². The van der Waals surface area contributed by atoms with Crippen molar-refractivity contribution in [3.05, 3.63) is 119 Å². The van der Waals surface area contributed by atoms with E-state index in [0.29, 0.717) is 34.6 Å². The van der Waals surface area contributed by atoms with Crippen LogP contribution in [0.4, 0.5) is 17.6 Å². The number of benzene rings is 2. The molecule has 0 amide bonds. The standard InChI is InChI=1S/C30H28F4N2O4/c1-30(2,18-21-6-4-3-5-7-21)40-27-11-9-23(19-35-27)24(16-20-12-14-36(37)15-13-20)22-8-10-25(38-28(31)32)26(17-22)39-29(33)34/h3-15,17,19,24,28-29H,16,18H2,1-2H3. The largest absolute Gasteiger partial charge is 0.619 e. The molecule has 0 saturated heterocycles. The van der Waals surface area contributed by atoms with E-state index in [-0.39, 0.29) is 0 Å². The number of halogens is 4. The topological polar surface area (TPSA) is 67.5 Å². The Morgan fingerprint density at radius 3 is 2.08 bits per heavy atom. The van der Waals surface area contributed by atoms with E-state index in [9.17, 15) is 22.8 Å². The Hall–Kier alpha value is -4.34. The highest BCUT2D eigenvalue weighted by atomic mass is 19.3. The molecule has 6 nitrogen and oxygen atoms in total. The lowest BCUT2D eigenvalue weighted by molar-refractivity contribution is -0.605. The van der Waals surface area contributed by atoms with Gasteiger partial charge in [0.2, 0.25) is 5.88 Å². The summed E-state index contributed by atoms with van der Waals surface area (Å²) in [7, 11) is 0. The second kappa shape index (κ2) is 12.7. The van der Waals surface area contributed by atoms with E-state index >= 15 is 0 Å². The number of alkyl halides is 4. The van der Waals surface area contributed by atoms with Crippen molar-refractivity contribution in [2.75, 3.05) is 0 Å². The van der Waals surface area contributed by atoms with Gasteiger partial charge in [0.25, 0.3) is 0 Å². The third kappa shape index (κ3) is 8.08. The van der Waals surface area contributed by atoms with E-state index in [1.165, 1.54) is 30.6 Å². The van der Waals surface area contributed by atoms with Crippen LogP contribution in [0.3, 0.4) is 0 Å². The lowest BCUT2D eigenvalue weighted by Crippen LogP contribution is -2.31. The van der Waals surface area contributed by atoms with Crippen molar-refractivity contribution in [2.24, 2.45) is 0 Å². The Bertz CT molecular complexity index is 1370. The summed E-state index contributed by atoms with van der Waals surface area (Å²) in [6.07, 6.45) is 5.33. The van der Waals surface area contributed by atoms with Gasteiger partial charge in [-0.2, -0.15) is 22.3 Å². The zero-order valence-electron chi connectivity index (χ0n) is 21.8. The summed E-state index contributed by atoms with van der Waals surface area (Å²) < 4.78 is 67.5. The van der Waals surface area contributed by atoms with E-state index in [4.69, 9.17) is 4.74 Å². The van der Waals surface area contributed by atoms with Crippen LogP contribution in [0.5, 0.6) is 17.4 Å². The van der Waals surface area contributed by atoms with E-state index in [1.807, 2.05) is 44.2 Å². The minimum Gasteiger partial charge on any atom is -0.619 e. The van der Waals surface area contributed by atoms with Gasteiger partial charge >= 0.3 is 13.2 Å². The second-order valence-electron chi connectivity index (χ2n) is 9.74. The van der Waals surface area contributed by atoms with Crippen molar-refractivity contribution >= 4 is 0 Å². The molecule has 2 heterocycles. The van der Waals surface area contributed by atoms with Crippen molar-refractivity contribution in [2.45, 2.75) is 51.4 Å². The summed E-state index contributed by atoms with van der Waals surface area (Å²) in [6, 6.07) is 20.6. The molecule has 2 aromatic heterocycles. The predicted octanol–water partition coefficient (Wildman–Crippen LogP) is 6.69. The molecular weight excluding hydrogens is 528 g/mol. The zero-order chi connectivity index (χ0) is 28.7. The molecule has 0 aliphatic carbocycles. The van der Waals surface area contributed by atoms with Gasteiger partial charge < -0.3 is 19.4 Å². The summed E-state index contributed by atoms with van der Waals surface area (Å²) in [5.74, 6) is -1.08. The number of aromatic nitrogens is 2. The van der Waals surface area contributed by atoms with Crippen molar-refractivity contribution in [3.63, 3.8) is 0 Å². The maximum Gasteiger partial charge on any atom is 0.387 e. The predicted molar refractivity (Wildman–Crippen MR) is 140 cm³/mol. The fourth-order valence-corrected chi connectivity index (χ4v) is 4.43.